The number of ketones is 1. The highest BCUT2D eigenvalue weighted by Crippen LogP contribution is 2.61. The van der Waals surface area contributed by atoms with Crippen molar-refractivity contribution in [3.8, 4) is 0 Å². The molecular formula is C26H21FN4O4. The molecule has 6 rings (SSSR count). The number of rotatable bonds is 4. The molecule has 2 aromatic carbocycles. The number of hydrogen-bond donors (Lipinski definition) is 1. The number of hydrogen-bond acceptors (Lipinski definition) is 6. The number of nitro groups is 1. The van der Waals surface area contributed by atoms with Crippen LogP contribution in [0.15, 0.2) is 66.9 Å². The molecule has 176 valence electrons. The molecule has 0 saturated carbocycles. The Morgan fingerprint density at radius 2 is 1.97 bits per heavy atom. The Kier molecular flexibility index (Phi) is 4.79. The normalized spacial score (nSPS) is 27.0. The van der Waals surface area contributed by atoms with E-state index in [1.54, 1.807) is 30.3 Å². The van der Waals surface area contributed by atoms with Crippen molar-refractivity contribution in [3.63, 3.8) is 0 Å². The summed E-state index contributed by atoms with van der Waals surface area (Å²) in [6.07, 6.45) is 3.09. The van der Waals surface area contributed by atoms with Gasteiger partial charge in [-0.05, 0) is 55.3 Å². The molecule has 0 radical (unpaired) electrons. The average molecular weight is 472 g/mol. The molecule has 9 heteroatoms. The number of fused-ring (bicyclic) bond motifs is 4. The summed E-state index contributed by atoms with van der Waals surface area (Å²) in [5.74, 6) is -2.49. The molecule has 1 spiro atoms. The Labute approximate surface area is 199 Å². The van der Waals surface area contributed by atoms with Crippen LogP contribution in [-0.4, -0.2) is 39.1 Å². The molecule has 0 bridgehead atoms. The number of benzene rings is 2. The van der Waals surface area contributed by atoms with Crippen LogP contribution in [0.1, 0.15) is 40.4 Å². The first kappa shape index (κ1) is 21.5. The van der Waals surface area contributed by atoms with E-state index in [0.717, 1.165) is 18.4 Å². The van der Waals surface area contributed by atoms with Crippen LogP contribution < -0.4 is 5.32 Å². The molecule has 2 fully saturated rings. The van der Waals surface area contributed by atoms with E-state index in [2.05, 4.69) is 10.3 Å². The molecule has 0 aliphatic carbocycles. The lowest BCUT2D eigenvalue weighted by atomic mass is 9.69. The van der Waals surface area contributed by atoms with E-state index in [1.165, 1.54) is 36.5 Å². The summed E-state index contributed by atoms with van der Waals surface area (Å²) in [7, 11) is 0. The number of nitrogens with one attached hydrogen (secondary N) is 1. The number of pyridine rings is 1. The van der Waals surface area contributed by atoms with E-state index in [4.69, 9.17) is 0 Å². The van der Waals surface area contributed by atoms with Gasteiger partial charge in [-0.25, -0.2) is 4.39 Å². The maximum atomic E-state index is 14.5. The minimum absolute atomic E-state index is 0.0524. The lowest BCUT2D eigenvalue weighted by Crippen LogP contribution is -2.53. The fourth-order valence-corrected chi connectivity index (χ4v) is 6.39. The second kappa shape index (κ2) is 7.78. The monoisotopic (exact) mass is 472 g/mol. The van der Waals surface area contributed by atoms with Gasteiger partial charge in [-0.15, -0.1) is 0 Å². The zero-order valence-corrected chi connectivity index (χ0v) is 18.6. The van der Waals surface area contributed by atoms with Crippen molar-refractivity contribution in [1.29, 1.82) is 0 Å². The summed E-state index contributed by atoms with van der Waals surface area (Å²) in [5, 5.41) is 14.1. The number of anilines is 1. The van der Waals surface area contributed by atoms with Crippen LogP contribution in [-0.2, 0) is 10.3 Å². The third kappa shape index (κ3) is 2.97. The average Bonchev–Trinajstić information content (AvgIpc) is 3.53. The van der Waals surface area contributed by atoms with Crippen LogP contribution in [0.4, 0.5) is 15.8 Å². The quantitative estimate of drug-likeness (QED) is 0.349. The van der Waals surface area contributed by atoms with Gasteiger partial charge in [-0.2, -0.15) is 0 Å². The van der Waals surface area contributed by atoms with Gasteiger partial charge < -0.3 is 5.32 Å². The number of aromatic nitrogens is 1. The maximum Gasteiger partial charge on any atom is 0.269 e. The van der Waals surface area contributed by atoms with Crippen LogP contribution in [0, 0.1) is 21.8 Å². The lowest BCUT2D eigenvalue weighted by molar-refractivity contribution is -0.384. The van der Waals surface area contributed by atoms with Gasteiger partial charge in [0.25, 0.3) is 5.69 Å². The summed E-state index contributed by atoms with van der Waals surface area (Å²) in [5.41, 5.74) is 0.445. The van der Waals surface area contributed by atoms with E-state index in [9.17, 15) is 24.1 Å². The zero-order chi connectivity index (χ0) is 24.3. The predicted octanol–water partition coefficient (Wildman–Crippen LogP) is 4.04. The molecule has 2 saturated heterocycles. The van der Waals surface area contributed by atoms with E-state index in [1.807, 2.05) is 4.90 Å². The highest BCUT2D eigenvalue weighted by molar-refractivity contribution is 6.12. The summed E-state index contributed by atoms with van der Waals surface area (Å²) >= 11 is 0. The van der Waals surface area contributed by atoms with Gasteiger partial charge in [0.15, 0.2) is 5.78 Å². The number of nitro benzene ring substituents is 1. The molecule has 0 unspecified atom stereocenters. The molecule has 4 atom stereocenters. The number of amides is 1. The molecule has 3 aliphatic rings. The molecule has 4 heterocycles. The van der Waals surface area contributed by atoms with Crippen molar-refractivity contribution in [1.82, 2.24) is 9.88 Å². The Morgan fingerprint density at radius 3 is 2.69 bits per heavy atom. The van der Waals surface area contributed by atoms with E-state index >= 15 is 0 Å². The summed E-state index contributed by atoms with van der Waals surface area (Å²) in [6.45, 7) is 0.573. The SMILES string of the molecule is O=C(c1ccccn1)[C@@H]1[C@@H](c2ccc([N+](=O)[O-])cc2)[C@H]2CCCN2[C@@]12C(=O)Nc1ccc(F)cc12. The fraction of sp³-hybridized carbons (Fsp3) is 0.269. The largest absolute Gasteiger partial charge is 0.324 e. The zero-order valence-electron chi connectivity index (χ0n) is 18.6. The topological polar surface area (TPSA) is 105 Å². The van der Waals surface area contributed by atoms with Crippen molar-refractivity contribution in [2.75, 3.05) is 11.9 Å². The van der Waals surface area contributed by atoms with Crippen LogP contribution in [0.25, 0.3) is 0 Å². The maximum absolute atomic E-state index is 14.5. The molecule has 1 N–H and O–H groups in total. The van der Waals surface area contributed by atoms with Crippen molar-refractivity contribution >= 4 is 23.1 Å². The van der Waals surface area contributed by atoms with Crippen molar-refractivity contribution < 1.29 is 18.9 Å². The van der Waals surface area contributed by atoms with E-state index in [0.29, 0.717) is 17.8 Å². The van der Waals surface area contributed by atoms with Gasteiger partial charge in [-0.1, -0.05) is 18.2 Å². The number of Topliss-reactive ketones (excluding diaryl/α,β-unsaturated/α-hetero) is 1. The van der Waals surface area contributed by atoms with Crippen molar-refractivity contribution in [2.24, 2.45) is 5.92 Å². The Bertz CT molecular complexity index is 1360. The van der Waals surface area contributed by atoms with Gasteiger partial charge in [0.05, 0.1) is 10.8 Å². The van der Waals surface area contributed by atoms with Crippen LogP contribution >= 0.6 is 0 Å². The third-order valence-corrected chi connectivity index (χ3v) is 7.65. The molecule has 8 nitrogen and oxygen atoms in total. The number of carbonyl (C=O) groups excluding carboxylic acids is 2. The second-order valence-corrected chi connectivity index (χ2v) is 9.24. The first-order valence-corrected chi connectivity index (χ1v) is 11.5. The van der Waals surface area contributed by atoms with Crippen LogP contribution in [0.5, 0.6) is 0 Å². The molecule has 35 heavy (non-hydrogen) atoms. The van der Waals surface area contributed by atoms with Gasteiger partial charge in [-0.3, -0.25) is 29.6 Å². The molecule has 3 aromatic rings. The number of halogens is 1. The highest BCUT2D eigenvalue weighted by atomic mass is 19.1. The first-order chi connectivity index (χ1) is 16.9. The standard InChI is InChI=1S/C26H21FN4O4/c27-16-8-11-19-18(14-16)26(25(33)29-19)23(24(32)20-4-1-2-12-28-20)22(21-5-3-13-30(21)26)15-6-9-17(10-7-15)31(34)35/h1-2,4,6-12,14,21-23H,3,5,13H2,(H,29,33)/t21-,22+,23+,26-/m1/s1. The first-order valence-electron chi connectivity index (χ1n) is 11.5. The lowest BCUT2D eigenvalue weighted by Gasteiger charge is -2.36. The number of nitrogens with zero attached hydrogens (tertiary/aromatic N) is 3. The van der Waals surface area contributed by atoms with Crippen LogP contribution in [0.2, 0.25) is 0 Å². The smallest absolute Gasteiger partial charge is 0.269 e. The minimum Gasteiger partial charge on any atom is -0.324 e. The second-order valence-electron chi connectivity index (χ2n) is 9.24. The van der Waals surface area contributed by atoms with Crippen LogP contribution in [0.3, 0.4) is 0 Å². The number of non-ortho nitro benzene ring substituents is 1. The summed E-state index contributed by atoms with van der Waals surface area (Å²) in [6, 6.07) is 15.2. The van der Waals surface area contributed by atoms with Gasteiger partial charge in [0, 0.05) is 41.5 Å². The van der Waals surface area contributed by atoms with E-state index < -0.39 is 28.1 Å². The Balaban J connectivity index is 1.60. The Hall–Kier alpha value is -3.98. The van der Waals surface area contributed by atoms with Gasteiger partial charge in [0.2, 0.25) is 5.91 Å². The molecule has 1 aromatic heterocycles. The molecular weight excluding hydrogens is 451 g/mol. The van der Waals surface area contributed by atoms with Crippen molar-refractivity contribution in [2.45, 2.75) is 30.3 Å². The third-order valence-electron chi connectivity index (χ3n) is 7.65. The van der Waals surface area contributed by atoms with Gasteiger partial charge in [0.1, 0.15) is 17.1 Å². The van der Waals surface area contributed by atoms with Gasteiger partial charge >= 0.3 is 0 Å². The summed E-state index contributed by atoms with van der Waals surface area (Å²) < 4.78 is 14.5. The Morgan fingerprint density at radius 1 is 1.17 bits per heavy atom. The predicted molar refractivity (Wildman–Crippen MR) is 124 cm³/mol. The molecule has 3 aliphatic heterocycles. The summed E-state index contributed by atoms with van der Waals surface area (Å²) in [4.78, 5) is 45.1. The van der Waals surface area contributed by atoms with E-state index in [-0.39, 0.29) is 29.1 Å². The number of carbonyl (C=O) groups is 2. The van der Waals surface area contributed by atoms with Crippen molar-refractivity contribution in [3.05, 3.63) is 99.6 Å². The molecule has 1 amide bonds. The highest BCUT2D eigenvalue weighted by Gasteiger charge is 2.69. The fourth-order valence-electron chi connectivity index (χ4n) is 6.39. The minimum atomic E-state index is -1.40.